The van der Waals surface area contributed by atoms with Gasteiger partial charge in [0.15, 0.2) is 0 Å². The summed E-state index contributed by atoms with van der Waals surface area (Å²) >= 11 is 0. The van der Waals surface area contributed by atoms with E-state index in [1.807, 2.05) is 0 Å². The van der Waals surface area contributed by atoms with Crippen LogP contribution in [0.3, 0.4) is 0 Å². The Labute approximate surface area is 117 Å². The zero-order chi connectivity index (χ0) is 14.1. The van der Waals surface area contributed by atoms with Gasteiger partial charge in [-0.1, -0.05) is 33.6 Å². The molecule has 3 heteroatoms. The third-order valence-electron chi connectivity index (χ3n) is 5.11. The summed E-state index contributed by atoms with van der Waals surface area (Å²) < 4.78 is 0. The van der Waals surface area contributed by atoms with Gasteiger partial charge in [0.1, 0.15) is 0 Å². The molecular formula is C16H30N2O. The summed E-state index contributed by atoms with van der Waals surface area (Å²) in [7, 11) is 0. The molecule has 3 atom stereocenters. The summed E-state index contributed by atoms with van der Waals surface area (Å²) in [6.07, 6.45) is 5.94. The minimum absolute atomic E-state index is 0.195. The maximum atomic E-state index is 12.6. The molecule has 0 spiro atoms. The van der Waals surface area contributed by atoms with E-state index in [1.54, 1.807) is 0 Å². The van der Waals surface area contributed by atoms with Crippen LogP contribution < -0.4 is 10.6 Å². The zero-order valence-electron chi connectivity index (χ0n) is 13.0. The van der Waals surface area contributed by atoms with E-state index in [-0.39, 0.29) is 16.7 Å². The standard InChI is InChI=1S/C16H30N2O/c1-15(2,3)12-7-5-6-8-13(12)18-14(19)16(4)9-10-17-11-16/h12-13,17H,5-11H2,1-4H3,(H,18,19). The molecule has 1 aliphatic heterocycles. The van der Waals surface area contributed by atoms with Crippen LogP contribution in [0.4, 0.5) is 0 Å². The fourth-order valence-corrected chi connectivity index (χ4v) is 3.69. The van der Waals surface area contributed by atoms with Crippen molar-refractivity contribution in [3.8, 4) is 0 Å². The summed E-state index contributed by atoms with van der Waals surface area (Å²) in [5.41, 5.74) is 0.0904. The van der Waals surface area contributed by atoms with Crippen molar-refractivity contribution in [3.05, 3.63) is 0 Å². The van der Waals surface area contributed by atoms with E-state index in [1.165, 1.54) is 19.3 Å². The molecule has 0 aromatic rings. The van der Waals surface area contributed by atoms with Crippen molar-refractivity contribution in [2.24, 2.45) is 16.7 Å². The lowest BCUT2D eigenvalue weighted by Gasteiger charge is -2.41. The molecule has 3 nitrogen and oxygen atoms in total. The molecule has 1 saturated heterocycles. The van der Waals surface area contributed by atoms with Gasteiger partial charge in [0.25, 0.3) is 0 Å². The fourth-order valence-electron chi connectivity index (χ4n) is 3.69. The zero-order valence-corrected chi connectivity index (χ0v) is 13.0. The molecule has 1 saturated carbocycles. The molecule has 1 aliphatic carbocycles. The Morgan fingerprint density at radius 2 is 1.95 bits per heavy atom. The third-order valence-corrected chi connectivity index (χ3v) is 5.11. The highest BCUT2D eigenvalue weighted by Crippen LogP contribution is 2.38. The van der Waals surface area contributed by atoms with E-state index >= 15 is 0 Å². The van der Waals surface area contributed by atoms with Crippen molar-refractivity contribution in [2.75, 3.05) is 13.1 Å². The highest BCUT2D eigenvalue weighted by Gasteiger charge is 2.40. The number of carbonyl (C=O) groups is 1. The Bertz CT molecular complexity index is 326. The normalized spacial score (nSPS) is 36.2. The highest BCUT2D eigenvalue weighted by atomic mass is 16.2. The highest BCUT2D eigenvalue weighted by molar-refractivity contribution is 5.83. The lowest BCUT2D eigenvalue weighted by atomic mass is 9.69. The second-order valence-corrected chi connectivity index (χ2v) is 7.82. The van der Waals surface area contributed by atoms with Crippen LogP contribution in [0.25, 0.3) is 0 Å². The van der Waals surface area contributed by atoms with E-state index in [4.69, 9.17) is 0 Å². The van der Waals surface area contributed by atoms with Gasteiger partial charge in [0.2, 0.25) is 5.91 Å². The van der Waals surface area contributed by atoms with Gasteiger partial charge in [-0.25, -0.2) is 0 Å². The van der Waals surface area contributed by atoms with Crippen LogP contribution in [0.1, 0.15) is 59.8 Å². The molecule has 0 aromatic carbocycles. The molecule has 110 valence electrons. The summed E-state index contributed by atoms with van der Waals surface area (Å²) in [5.74, 6) is 0.877. The fraction of sp³-hybridized carbons (Fsp3) is 0.938. The van der Waals surface area contributed by atoms with Crippen molar-refractivity contribution in [1.82, 2.24) is 10.6 Å². The molecule has 2 N–H and O–H groups in total. The van der Waals surface area contributed by atoms with Crippen molar-refractivity contribution < 1.29 is 4.79 Å². The second-order valence-electron chi connectivity index (χ2n) is 7.82. The Hall–Kier alpha value is -0.570. The molecule has 19 heavy (non-hydrogen) atoms. The number of amides is 1. The van der Waals surface area contributed by atoms with Gasteiger partial charge >= 0.3 is 0 Å². The molecule has 0 bridgehead atoms. The van der Waals surface area contributed by atoms with Crippen LogP contribution in [-0.2, 0) is 4.79 Å². The van der Waals surface area contributed by atoms with Gasteiger partial charge in [0, 0.05) is 12.6 Å². The average molecular weight is 266 g/mol. The molecule has 3 unspecified atom stereocenters. The first kappa shape index (κ1) is 14.8. The maximum Gasteiger partial charge on any atom is 0.227 e. The molecular weight excluding hydrogens is 236 g/mol. The second kappa shape index (κ2) is 5.43. The summed E-state index contributed by atoms with van der Waals surface area (Å²) in [5, 5.41) is 6.69. The lowest BCUT2D eigenvalue weighted by molar-refractivity contribution is -0.131. The topological polar surface area (TPSA) is 41.1 Å². The van der Waals surface area contributed by atoms with E-state index < -0.39 is 0 Å². The van der Waals surface area contributed by atoms with E-state index in [2.05, 4.69) is 38.3 Å². The average Bonchev–Trinajstić information content (AvgIpc) is 2.77. The van der Waals surface area contributed by atoms with Gasteiger partial charge < -0.3 is 10.6 Å². The summed E-state index contributed by atoms with van der Waals surface area (Å²) in [6, 6.07) is 0.374. The van der Waals surface area contributed by atoms with Gasteiger partial charge in [-0.2, -0.15) is 0 Å². The van der Waals surface area contributed by atoms with Crippen molar-refractivity contribution in [2.45, 2.75) is 65.8 Å². The summed E-state index contributed by atoms with van der Waals surface area (Å²) in [4.78, 5) is 12.6. The molecule has 0 aromatic heterocycles. The Morgan fingerprint density at radius 1 is 1.26 bits per heavy atom. The number of nitrogens with one attached hydrogen (secondary N) is 2. The van der Waals surface area contributed by atoms with Crippen molar-refractivity contribution in [3.63, 3.8) is 0 Å². The van der Waals surface area contributed by atoms with Gasteiger partial charge in [-0.05, 0) is 44.1 Å². The Morgan fingerprint density at radius 3 is 2.53 bits per heavy atom. The number of carbonyl (C=O) groups excluding carboxylic acids is 1. The van der Waals surface area contributed by atoms with Crippen molar-refractivity contribution >= 4 is 5.91 Å². The predicted octanol–water partition coefficient (Wildman–Crippen LogP) is 2.71. The molecule has 1 amide bonds. The van der Waals surface area contributed by atoms with Crippen molar-refractivity contribution in [1.29, 1.82) is 0 Å². The minimum atomic E-state index is -0.195. The van der Waals surface area contributed by atoms with Crippen LogP contribution in [0.2, 0.25) is 0 Å². The first-order valence-electron chi connectivity index (χ1n) is 7.85. The van der Waals surface area contributed by atoms with Gasteiger partial charge in [-0.3, -0.25) is 4.79 Å². The maximum absolute atomic E-state index is 12.6. The van der Waals surface area contributed by atoms with E-state index in [9.17, 15) is 4.79 Å². The van der Waals surface area contributed by atoms with Gasteiger partial charge in [0.05, 0.1) is 5.41 Å². The third kappa shape index (κ3) is 3.31. The van der Waals surface area contributed by atoms with Crippen LogP contribution in [0.5, 0.6) is 0 Å². The van der Waals surface area contributed by atoms with Crippen LogP contribution in [0.15, 0.2) is 0 Å². The van der Waals surface area contributed by atoms with E-state index in [0.29, 0.717) is 12.0 Å². The van der Waals surface area contributed by atoms with Crippen LogP contribution in [0, 0.1) is 16.7 Å². The SMILES string of the molecule is CC1(C(=O)NC2CCCCC2C(C)(C)C)CCNC1. The number of hydrogen-bond donors (Lipinski definition) is 2. The predicted molar refractivity (Wildman–Crippen MR) is 78.9 cm³/mol. The largest absolute Gasteiger partial charge is 0.353 e. The Kier molecular flexibility index (Phi) is 4.24. The first-order valence-corrected chi connectivity index (χ1v) is 7.85. The number of rotatable bonds is 2. The van der Waals surface area contributed by atoms with Crippen LogP contribution >= 0.6 is 0 Å². The molecule has 2 fully saturated rings. The molecule has 0 radical (unpaired) electrons. The molecule has 1 heterocycles. The lowest BCUT2D eigenvalue weighted by Crippen LogP contribution is -2.51. The summed E-state index contributed by atoms with van der Waals surface area (Å²) in [6.45, 7) is 10.8. The van der Waals surface area contributed by atoms with Crippen LogP contribution in [-0.4, -0.2) is 25.0 Å². The quantitative estimate of drug-likeness (QED) is 0.807. The monoisotopic (exact) mass is 266 g/mol. The molecule has 2 rings (SSSR count). The van der Waals surface area contributed by atoms with E-state index in [0.717, 1.165) is 25.9 Å². The number of hydrogen-bond acceptors (Lipinski definition) is 2. The first-order chi connectivity index (χ1) is 8.83. The Balaban J connectivity index is 2.01. The smallest absolute Gasteiger partial charge is 0.227 e. The molecule has 2 aliphatic rings. The van der Waals surface area contributed by atoms with Gasteiger partial charge in [-0.15, -0.1) is 0 Å². The minimum Gasteiger partial charge on any atom is -0.353 e.